The molecule has 0 N–H and O–H groups in total. The number of hydrogen-bond acceptors (Lipinski definition) is 2. The van der Waals surface area contributed by atoms with E-state index in [-0.39, 0.29) is 5.91 Å². The van der Waals surface area contributed by atoms with Gasteiger partial charge in [-0.2, -0.15) is 5.32 Å². The van der Waals surface area contributed by atoms with Crippen LogP contribution in [0.2, 0.25) is 0 Å². The summed E-state index contributed by atoms with van der Waals surface area (Å²) < 4.78 is 0. The Kier molecular flexibility index (Phi) is 2.22. The fraction of sp³-hybridized carbons (Fsp3) is 0. The van der Waals surface area contributed by atoms with Crippen LogP contribution < -0.4 is 5.32 Å². The molecular formula is C14H9N2O. The number of amides is 1. The van der Waals surface area contributed by atoms with Crippen LogP contribution in [0.1, 0.15) is 15.9 Å². The Labute approximate surface area is 98.8 Å². The normalized spacial score (nSPS) is 13.6. The van der Waals surface area contributed by atoms with E-state index in [1.807, 2.05) is 48.5 Å². The third kappa shape index (κ3) is 1.72. The van der Waals surface area contributed by atoms with E-state index in [4.69, 9.17) is 0 Å². The number of hydrogen-bond donors (Lipinski definition) is 0. The Morgan fingerprint density at radius 3 is 2.35 bits per heavy atom. The van der Waals surface area contributed by atoms with Gasteiger partial charge in [0, 0.05) is 5.56 Å². The average molecular weight is 221 g/mol. The number of carbonyl (C=O) groups is 1. The molecular weight excluding hydrogens is 212 g/mol. The summed E-state index contributed by atoms with van der Waals surface area (Å²) in [6, 6.07) is 16.8. The van der Waals surface area contributed by atoms with Gasteiger partial charge in [-0.05, 0) is 12.1 Å². The molecule has 1 radical (unpaired) electrons. The Morgan fingerprint density at radius 1 is 0.824 bits per heavy atom. The first-order valence-electron chi connectivity index (χ1n) is 5.34. The molecule has 0 fully saturated rings. The second-order valence-corrected chi connectivity index (χ2v) is 3.74. The zero-order valence-electron chi connectivity index (χ0n) is 9.00. The molecule has 17 heavy (non-hydrogen) atoms. The summed E-state index contributed by atoms with van der Waals surface area (Å²) in [5, 5.41) is 4.00. The third-order valence-corrected chi connectivity index (χ3v) is 2.60. The summed E-state index contributed by atoms with van der Waals surface area (Å²) in [5.74, 6) is 0.253. The number of carbonyl (C=O) groups excluding carboxylic acids is 1. The molecule has 0 spiro atoms. The maximum Gasteiger partial charge on any atom is 0.281 e. The van der Waals surface area contributed by atoms with Crippen LogP contribution in [0.15, 0.2) is 59.6 Å². The minimum Gasteiger partial charge on any atom is -0.267 e. The summed E-state index contributed by atoms with van der Waals surface area (Å²) in [7, 11) is 0. The average Bonchev–Trinajstić information content (AvgIpc) is 2.40. The number of nitrogens with zero attached hydrogens (tertiary/aromatic N) is 2. The van der Waals surface area contributed by atoms with Gasteiger partial charge < -0.3 is 0 Å². The number of fused-ring (bicyclic) bond motifs is 1. The zero-order valence-corrected chi connectivity index (χ0v) is 9.00. The van der Waals surface area contributed by atoms with Gasteiger partial charge in [-0.25, -0.2) is 4.99 Å². The van der Waals surface area contributed by atoms with Gasteiger partial charge in [0.25, 0.3) is 5.91 Å². The summed E-state index contributed by atoms with van der Waals surface area (Å²) in [4.78, 5) is 16.2. The van der Waals surface area contributed by atoms with Gasteiger partial charge in [-0.1, -0.05) is 42.5 Å². The molecule has 3 heteroatoms. The zero-order chi connectivity index (χ0) is 11.7. The maximum atomic E-state index is 11.8. The van der Waals surface area contributed by atoms with Crippen molar-refractivity contribution in [3.8, 4) is 0 Å². The van der Waals surface area contributed by atoms with Gasteiger partial charge in [-0.3, -0.25) is 4.79 Å². The SMILES string of the molecule is O=C1[N]C(c2ccccc2)=Nc2ccccc21. The molecule has 3 nitrogen and oxygen atoms in total. The topological polar surface area (TPSA) is 43.5 Å². The highest BCUT2D eigenvalue weighted by Gasteiger charge is 2.21. The minimum absolute atomic E-state index is 0.227. The van der Waals surface area contributed by atoms with Crippen LogP contribution in [0, 0.1) is 0 Å². The van der Waals surface area contributed by atoms with E-state index in [0.29, 0.717) is 17.1 Å². The summed E-state index contributed by atoms with van der Waals surface area (Å²) in [6.45, 7) is 0. The predicted octanol–water partition coefficient (Wildman–Crippen LogP) is 2.52. The van der Waals surface area contributed by atoms with Crippen molar-refractivity contribution < 1.29 is 4.79 Å². The van der Waals surface area contributed by atoms with Crippen LogP contribution >= 0.6 is 0 Å². The molecule has 0 bridgehead atoms. The quantitative estimate of drug-likeness (QED) is 0.729. The smallest absolute Gasteiger partial charge is 0.267 e. The van der Waals surface area contributed by atoms with Crippen molar-refractivity contribution in [2.45, 2.75) is 0 Å². The Bertz CT molecular complexity index is 603. The molecule has 0 unspecified atom stereocenters. The molecule has 0 atom stereocenters. The molecule has 1 aliphatic rings. The molecule has 81 valence electrons. The summed E-state index contributed by atoms with van der Waals surface area (Å²) in [5.41, 5.74) is 2.11. The molecule has 0 aliphatic carbocycles. The highest BCUT2D eigenvalue weighted by atomic mass is 16.1. The monoisotopic (exact) mass is 221 g/mol. The summed E-state index contributed by atoms with van der Waals surface area (Å²) in [6.07, 6.45) is 0. The van der Waals surface area contributed by atoms with Crippen LogP contribution in [0.4, 0.5) is 5.69 Å². The number of aliphatic imine (C=N–C) groups is 1. The van der Waals surface area contributed by atoms with Crippen molar-refractivity contribution in [2.24, 2.45) is 4.99 Å². The predicted molar refractivity (Wildman–Crippen MR) is 65.5 cm³/mol. The Balaban J connectivity index is 2.11. The van der Waals surface area contributed by atoms with Gasteiger partial charge in [0.2, 0.25) is 0 Å². The lowest BCUT2D eigenvalue weighted by Gasteiger charge is -2.13. The van der Waals surface area contributed by atoms with Gasteiger partial charge in [0.1, 0.15) is 0 Å². The van der Waals surface area contributed by atoms with E-state index < -0.39 is 0 Å². The van der Waals surface area contributed by atoms with E-state index in [9.17, 15) is 4.79 Å². The van der Waals surface area contributed by atoms with E-state index in [2.05, 4.69) is 10.3 Å². The standard InChI is InChI=1S/C14H9N2O/c17-14-11-8-4-5-9-12(11)15-13(16-14)10-6-2-1-3-7-10/h1-9H. The Morgan fingerprint density at radius 2 is 1.53 bits per heavy atom. The summed E-state index contributed by atoms with van der Waals surface area (Å²) >= 11 is 0. The second kappa shape index (κ2) is 3.87. The van der Waals surface area contributed by atoms with Crippen LogP contribution in [0.3, 0.4) is 0 Å². The van der Waals surface area contributed by atoms with E-state index in [0.717, 1.165) is 5.56 Å². The fourth-order valence-electron chi connectivity index (χ4n) is 1.76. The van der Waals surface area contributed by atoms with Crippen LogP contribution in [-0.4, -0.2) is 11.7 Å². The maximum absolute atomic E-state index is 11.8. The highest BCUT2D eigenvalue weighted by molar-refractivity contribution is 6.17. The van der Waals surface area contributed by atoms with Gasteiger partial charge >= 0.3 is 0 Å². The van der Waals surface area contributed by atoms with Crippen molar-refractivity contribution >= 4 is 17.4 Å². The van der Waals surface area contributed by atoms with Gasteiger partial charge in [-0.15, -0.1) is 0 Å². The molecule has 1 aliphatic heterocycles. The minimum atomic E-state index is -0.227. The highest BCUT2D eigenvalue weighted by Crippen LogP contribution is 2.23. The first-order valence-corrected chi connectivity index (χ1v) is 5.34. The molecule has 0 saturated carbocycles. The molecule has 0 saturated heterocycles. The lowest BCUT2D eigenvalue weighted by Crippen LogP contribution is -2.27. The van der Waals surface area contributed by atoms with Crippen molar-refractivity contribution in [3.63, 3.8) is 0 Å². The largest absolute Gasteiger partial charge is 0.281 e. The van der Waals surface area contributed by atoms with E-state index >= 15 is 0 Å². The number of amidine groups is 1. The molecule has 1 heterocycles. The molecule has 0 aromatic heterocycles. The van der Waals surface area contributed by atoms with Crippen LogP contribution in [0.5, 0.6) is 0 Å². The fourth-order valence-corrected chi connectivity index (χ4v) is 1.76. The van der Waals surface area contributed by atoms with Crippen LogP contribution in [0.25, 0.3) is 0 Å². The third-order valence-electron chi connectivity index (χ3n) is 2.60. The van der Waals surface area contributed by atoms with Crippen molar-refractivity contribution in [2.75, 3.05) is 0 Å². The van der Waals surface area contributed by atoms with E-state index in [1.54, 1.807) is 6.07 Å². The van der Waals surface area contributed by atoms with Crippen LogP contribution in [-0.2, 0) is 0 Å². The molecule has 1 amide bonds. The van der Waals surface area contributed by atoms with Crippen molar-refractivity contribution in [1.29, 1.82) is 0 Å². The van der Waals surface area contributed by atoms with Crippen molar-refractivity contribution in [1.82, 2.24) is 5.32 Å². The molecule has 3 rings (SSSR count). The number of para-hydroxylation sites is 1. The second-order valence-electron chi connectivity index (χ2n) is 3.74. The first kappa shape index (κ1) is 9.78. The molecule has 2 aromatic carbocycles. The lowest BCUT2D eigenvalue weighted by atomic mass is 10.1. The Hall–Kier alpha value is -2.42. The lowest BCUT2D eigenvalue weighted by molar-refractivity contribution is 0.0972. The van der Waals surface area contributed by atoms with E-state index in [1.165, 1.54) is 0 Å². The van der Waals surface area contributed by atoms with Gasteiger partial charge in [0.05, 0.1) is 11.3 Å². The first-order chi connectivity index (χ1) is 8.34. The van der Waals surface area contributed by atoms with Gasteiger partial charge in [0.15, 0.2) is 5.84 Å². The van der Waals surface area contributed by atoms with Crippen molar-refractivity contribution in [3.05, 3.63) is 65.7 Å². The molecule has 2 aromatic rings. The number of benzene rings is 2. The number of rotatable bonds is 1.